The largest absolute Gasteiger partial charge is 0.330 e. The highest BCUT2D eigenvalue weighted by Gasteiger charge is 2.27. The number of rotatable bonds is 6. The van der Waals surface area contributed by atoms with Gasteiger partial charge in [-0.25, -0.2) is 4.98 Å². The third kappa shape index (κ3) is 4.29. The third-order valence-corrected chi connectivity index (χ3v) is 5.48. The van der Waals surface area contributed by atoms with Crippen molar-refractivity contribution in [1.29, 1.82) is 0 Å². The molecule has 2 N–H and O–H groups in total. The summed E-state index contributed by atoms with van der Waals surface area (Å²) in [4.78, 5) is 7.18. The van der Waals surface area contributed by atoms with E-state index in [0.717, 1.165) is 16.7 Å². The summed E-state index contributed by atoms with van der Waals surface area (Å²) in [5.41, 5.74) is 4.22. The van der Waals surface area contributed by atoms with Gasteiger partial charge in [0, 0.05) is 12.1 Å². The number of aromatic amines is 1. The van der Waals surface area contributed by atoms with Crippen LogP contribution in [0.25, 0.3) is 0 Å². The Kier molecular flexibility index (Phi) is 5.29. The second kappa shape index (κ2) is 8.03. The Morgan fingerprint density at radius 3 is 1.76 bits per heavy atom. The van der Waals surface area contributed by atoms with Crippen LogP contribution in [0.5, 0.6) is 0 Å². The van der Waals surface area contributed by atoms with Crippen molar-refractivity contribution in [1.82, 2.24) is 9.97 Å². The van der Waals surface area contributed by atoms with Crippen molar-refractivity contribution in [2.75, 3.05) is 0 Å². The molecule has 0 amide bonds. The number of benzene rings is 3. The fourth-order valence-electron chi connectivity index (χ4n) is 3.49. The molecule has 0 aliphatic heterocycles. The van der Waals surface area contributed by atoms with Gasteiger partial charge in [0.05, 0.1) is 11.6 Å². The van der Waals surface area contributed by atoms with Crippen LogP contribution in [0.1, 0.15) is 34.0 Å². The summed E-state index contributed by atoms with van der Waals surface area (Å²) in [6.07, 6.45) is 0.467. The number of nitrogens with one attached hydrogen (secondary N) is 1. The van der Waals surface area contributed by atoms with Crippen LogP contribution in [0.2, 0.25) is 0 Å². The quantitative estimate of drug-likeness (QED) is 0.466. The summed E-state index contributed by atoms with van der Waals surface area (Å²) in [6.45, 7) is 0. The molecule has 4 rings (SSSR count). The van der Waals surface area contributed by atoms with Gasteiger partial charge in [0.1, 0.15) is 0 Å². The van der Waals surface area contributed by atoms with Crippen LogP contribution >= 0.6 is 0 Å². The van der Waals surface area contributed by atoms with Crippen molar-refractivity contribution >= 4 is 10.1 Å². The van der Waals surface area contributed by atoms with Crippen LogP contribution in [0.4, 0.5) is 0 Å². The van der Waals surface area contributed by atoms with E-state index in [2.05, 4.69) is 9.97 Å². The van der Waals surface area contributed by atoms with Crippen molar-refractivity contribution in [2.24, 2.45) is 0 Å². The second-order valence-corrected chi connectivity index (χ2v) is 8.13. The number of H-pyrrole nitrogens is 1. The van der Waals surface area contributed by atoms with Gasteiger partial charge in [-0.05, 0) is 16.7 Å². The van der Waals surface area contributed by atoms with Gasteiger partial charge in [-0.1, -0.05) is 91.0 Å². The van der Waals surface area contributed by atoms with Crippen LogP contribution < -0.4 is 0 Å². The van der Waals surface area contributed by atoms with E-state index in [4.69, 9.17) is 0 Å². The molecule has 0 spiro atoms. The zero-order valence-electron chi connectivity index (χ0n) is 15.6. The Morgan fingerprint density at radius 2 is 1.28 bits per heavy atom. The monoisotopic (exact) mass is 404 g/mol. The van der Waals surface area contributed by atoms with Crippen LogP contribution in [-0.2, 0) is 16.5 Å². The van der Waals surface area contributed by atoms with Gasteiger partial charge in [-0.3, -0.25) is 4.55 Å². The molecule has 0 aliphatic carbocycles. The van der Waals surface area contributed by atoms with Crippen LogP contribution in [0, 0.1) is 0 Å². The van der Waals surface area contributed by atoms with Gasteiger partial charge >= 0.3 is 10.1 Å². The van der Waals surface area contributed by atoms with E-state index in [1.54, 1.807) is 0 Å². The van der Waals surface area contributed by atoms with Gasteiger partial charge in [0.2, 0.25) is 0 Å². The summed E-state index contributed by atoms with van der Waals surface area (Å²) in [5.74, 6) is -0.275. The highest BCUT2D eigenvalue weighted by atomic mass is 32.2. The van der Waals surface area contributed by atoms with Crippen molar-refractivity contribution in [3.05, 3.63) is 119 Å². The summed E-state index contributed by atoms with van der Waals surface area (Å²) in [7, 11) is -4.46. The molecule has 3 aromatic carbocycles. The molecule has 0 saturated carbocycles. The first-order chi connectivity index (χ1) is 14.0. The fourth-order valence-corrected chi connectivity index (χ4v) is 3.96. The van der Waals surface area contributed by atoms with Gasteiger partial charge in [0.25, 0.3) is 5.16 Å². The smallest absolute Gasteiger partial charge is 0.328 e. The molecule has 0 atom stereocenters. The number of hydrogen-bond donors (Lipinski definition) is 2. The summed E-state index contributed by atoms with van der Waals surface area (Å²) < 4.78 is 33.2. The topological polar surface area (TPSA) is 83.1 Å². The molecule has 6 heteroatoms. The molecule has 1 aromatic heterocycles. The van der Waals surface area contributed by atoms with Gasteiger partial charge in [-0.15, -0.1) is 0 Å². The van der Waals surface area contributed by atoms with Gasteiger partial charge in [-0.2, -0.15) is 8.42 Å². The minimum Gasteiger partial charge on any atom is -0.330 e. The molecule has 0 fully saturated rings. The van der Waals surface area contributed by atoms with E-state index >= 15 is 0 Å². The van der Waals surface area contributed by atoms with Crippen LogP contribution in [0.3, 0.4) is 0 Å². The maximum atomic E-state index is 11.8. The molecule has 0 bridgehead atoms. The average Bonchev–Trinajstić information content (AvgIpc) is 3.14. The Labute approximate surface area is 169 Å². The third-order valence-electron chi connectivity index (χ3n) is 4.80. The molecule has 4 aromatic rings. The molecule has 0 unspecified atom stereocenters. The fraction of sp³-hybridized carbons (Fsp3) is 0.0870. The number of nitrogens with zero attached hydrogens (tertiary/aromatic N) is 1. The van der Waals surface area contributed by atoms with Gasteiger partial charge < -0.3 is 4.98 Å². The summed E-state index contributed by atoms with van der Waals surface area (Å²) in [6, 6.07) is 29.3. The minimum absolute atomic E-state index is 0.275. The highest BCUT2D eigenvalue weighted by molar-refractivity contribution is 7.85. The normalized spacial score (nSPS) is 11.7. The molecule has 0 aliphatic rings. The highest BCUT2D eigenvalue weighted by Crippen LogP contribution is 2.34. The number of hydrogen-bond acceptors (Lipinski definition) is 3. The Morgan fingerprint density at radius 1 is 0.793 bits per heavy atom. The lowest BCUT2D eigenvalue weighted by Crippen LogP contribution is -2.07. The first kappa shape index (κ1) is 19.1. The van der Waals surface area contributed by atoms with Crippen LogP contribution in [-0.4, -0.2) is 22.9 Å². The van der Waals surface area contributed by atoms with Crippen LogP contribution in [0.15, 0.2) is 96.2 Å². The Balaban J connectivity index is 1.90. The molecule has 0 radical (unpaired) electrons. The predicted octanol–water partition coefficient (Wildman–Crippen LogP) is 4.43. The van der Waals surface area contributed by atoms with E-state index in [1.165, 1.54) is 0 Å². The summed E-state index contributed by atoms with van der Waals surface area (Å²) in [5, 5.41) is -0.435. The zero-order valence-corrected chi connectivity index (χ0v) is 16.4. The molecular formula is C23H20N2O3S. The Hall–Kier alpha value is -3.22. The van der Waals surface area contributed by atoms with E-state index in [9.17, 15) is 13.0 Å². The summed E-state index contributed by atoms with van der Waals surface area (Å²) >= 11 is 0. The van der Waals surface area contributed by atoms with Crippen molar-refractivity contribution < 1.29 is 13.0 Å². The first-order valence-corrected chi connectivity index (χ1v) is 10.7. The molecule has 146 valence electrons. The van der Waals surface area contributed by atoms with E-state index in [0.29, 0.717) is 17.8 Å². The Bertz CT molecular complexity index is 1150. The maximum Gasteiger partial charge on any atom is 0.328 e. The SMILES string of the molecule is O=S(=O)(O)c1nc(C(c2ccccc2)c2ccccc2)c(Cc2ccccc2)[nH]1. The van der Waals surface area contributed by atoms with Crippen molar-refractivity contribution in [3.63, 3.8) is 0 Å². The minimum atomic E-state index is -4.46. The predicted molar refractivity (Wildman–Crippen MR) is 111 cm³/mol. The maximum absolute atomic E-state index is 11.8. The molecular weight excluding hydrogens is 384 g/mol. The van der Waals surface area contributed by atoms with Gasteiger partial charge in [0.15, 0.2) is 0 Å². The van der Waals surface area contributed by atoms with Crippen molar-refractivity contribution in [3.8, 4) is 0 Å². The molecule has 1 heterocycles. The van der Waals surface area contributed by atoms with Crippen molar-refractivity contribution in [2.45, 2.75) is 17.5 Å². The lowest BCUT2D eigenvalue weighted by Gasteiger charge is -2.18. The lowest BCUT2D eigenvalue weighted by atomic mass is 9.87. The van der Waals surface area contributed by atoms with E-state index < -0.39 is 15.3 Å². The standard InChI is InChI=1S/C23H20N2O3S/c26-29(27,28)23-24-20(16-17-10-4-1-5-11-17)22(25-23)21(18-12-6-2-7-13-18)19-14-8-3-9-15-19/h1-15,21H,16H2,(H,24,25)(H,26,27,28). The lowest BCUT2D eigenvalue weighted by molar-refractivity contribution is 0.475. The first-order valence-electron chi connectivity index (χ1n) is 9.22. The zero-order chi connectivity index (χ0) is 20.3. The van der Waals surface area contributed by atoms with E-state index in [1.807, 2.05) is 91.0 Å². The number of aromatic nitrogens is 2. The average molecular weight is 404 g/mol. The van der Waals surface area contributed by atoms with E-state index in [-0.39, 0.29) is 5.92 Å². The molecule has 5 nitrogen and oxygen atoms in total. The molecule has 0 saturated heterocycles. The second-order valence-electron chi connectivity index (χ2n) is 6.80. The number of imidazole rings is 1. The molecule has 29 heavy (non-hydrogen) atoms.